The predicted octanol–water partition coefficient (Wildman–Crippen LogP) is 2.90. The zero-order valence-electron chi connectivity index (χ0n) is 9.30. The highest BCUT2D eigenvalue weighted by molar-refractivity contribution is 9.09. The van der Waals surface area contributed by atoms with Gasteiger partial charge in [0.2, 0.25) is 0 Å². The first-order valence-electron chi connectivity index (χ1n) is 5.63. The molecule has 0 aliphatic carbocycles. The summed E-state index contributed by atoms with van der Waals surface area (Å²) in [7, 11) is 0. The van der Waals surface area contributed by atoms with Crippen LogP contribution in [0, 0.1) is 0 Å². The van der Waals surface area contributed by atoms with Gasteiger partial charge in [0.1, 0.15) is 5.82 Å². The molecule has 3 heterocycles. The first-order valence-corrected chi connectivity index (χ1v) is 7.63. The van der Waals surface area contributed by atoms with Crippen LogP contribution < -0.4 is 4.90 Å². The standard InChI is InChI=1S/C12H13BrN2OS/c13-7-9-8-15(4-5-16-9)12-10-2-6-17-11(10)1-3-14-12/h1-3,6,9H,4-5,7-8H2. The van der Waals surface area contributed by atoms with Gasteiger partial charge in [0.25, 0.3) is 0 Å². The number of aromatic nitrogens is 1. The quantitative estimate of drug-likeness (QED) is 0.797. The number of halogens is 1. The van der Waals surface area contributed by atoms with E-state index < -0.39 is 0 Å². The number of pyridine rings is 1. The second-order valence-electron chi connectivity index (χ2n) is 4.06. The molecule has 17 heavy (non-hydrogen) atoms. The van der Waals surface area contributed by atoms with E-state index in [0.717, 1.165) is 30.8 Å². The van der Waals surface area contributed by atoms with Crippen molar-refractivity contribution in [1.82, 2.24) is 4.98 Å². The molecule has 3 nitrogen and oxygen atoms in total. The Morgan fingerprint density at radius 2 is 2.47 bits per heavy atom. The van der Waals surface area contributed by atoms with Crippen molar-refractivity contribution in [3.8, 4) is 0 Å². The van der Waals surface area contributed by atoms with Crippen LogP contribution in [0.2, 0.25) is 0 Å². The lowest BCUT2D eigenvalue weighted by Gasteiger charge is -2.33. The Morgan fingerprint density at radius 3 is 3.35 bits per heavy atom. The minimum atomic E-state index is 0.263. The molecule has 0 radical (unpaired) electrons. The van der Waals surface area contributed by atoms with Crippen molar-refractivity contribution in [3.63, 3.8) is 0 Å². The van der Waals surface area contributed by atoms with Crippen molar-refractivity contribution in [1.29, 1.82) is 0 Å². The van der Waals surface area contributed by atoms with Crippen LogP contribution in [0.15, 0.2) is 23.7 Å². The number of anilines is 1. The molecule has 0 amide bonds. The van der Waals surface area contributed by atoms with Crippen molar-refractivity contribution in [2.24, 2.45) is 0 Å². The highest BCUT2D eigenvalue weighted by Crippen LogP contribution is 2.29. The molecule has 0 N–H and O–H groups in total. The van der Waals surface area contributed by atoms with E-state index in [4.69, 9.17) is 4.74 Å². The van der Waals surface area contributed by atoms with Gasteiger partial charge in [-0.25, -0.2) is 4.98 Å². The summed E-state index contributed by atoms with van der Waals surface area (Å²) in [5, 5.41) is 4.26. The van der Waals surface area contributed by atoms with Gasteiger partial charge in [-0.15, -0.1) is 11.3 Å². The van der Waals surface area contributed by atoms with E-state index in [1.165, 1.54) is 10.1 Å². The zero-order valence-corrected chi connectivity index (χ0v) is 11.7. The van der Waals surface area contributed by atoms with Crippen LogP contribution in [-0.2, 0) is 4.74 Å². The maximum Gasteiger partial charge on any atom is 0.137 e. The Bertz CT molecular complexity index is 516. The van der Waals surface area contributed by atoms with Gasteiger partial charge in [0.15, 0.2) is 0 Å². The number of fused-ring (bicyclic) bond motifs is 1. The van der Waals surface area contributed by atoms with Crippen molar-refractivity contribution in [3.05, 3.63) is 23.7 Å². The predicted molar refractivity (Wildman–Crippen MR) is 75.4 cm³/mol. The van der Waals surface area contributed by atoms with Gasteiger partial charge < -0.3 is 9.64 Å². The fourth-order valence-corrected chi connectivity index (χ4v) is 3.31. The summed E-state index contributed by atoms with van der Waals surface area (Å²) in [5.74, 6) is 1.10. The number of ether oxygens (including phenoxy) is 1. The van der Waals surface area contributed by atoms with Gasteiger partial charge in [0.05, 0.1) is 12.7 Å². The van der Waals surface area contributed by atoms with Crippen LogP contribution in [0.5, 0.6) is 0 Å². The van der Waals surface area contributed by atoms with E-state index in [9.17, 15) is 0 Å². The molecule has 1 aliphatic rings. The molecular weight excluding hydrogens is 300 g/mol. The van der Waals surface area contributed by atoms with E-state index in [-0.39, 0.29) is 6.10 Å². The van der Waals surface area contributed by atoms with Gasteiger partial charge in [-0.1, -0.05) is 15.9 Å². The Hall–Kier alpha value is -0.650. The van der Waals surface area contributed by atoms with Gasteiger partial charge in [-0.3, -0.25) is 0 Å². The molecule has 3 rings (SSSR count). The summed E-state index contributed by atoms with van der Waals surface area (Å²) >= 11 is 5.25. The fraction of sp³-hybridized carbons (Fsp3) is 0.417. The molecule has 0 bridgehead atoms. The minimum absolute atomic E-state index is 0.263. The zero-order chi connectivity index (χ0) is 11.7. The molecule has 0 saturated carbocycles. The number of morpholine rings is 1. The van der Waals surface area contributed by atoms with Crippen LogP contribution in [0.4, 0.5) is 5.82 Å². The van der Waals surface area contributed by atoms with Crippen molar-refractivity contribution in [2.75, 3.05) is 29.9 Å². The number of rotatable bonds is 2. The first-order chi connectivity index (χ1) is 8.38. The largest absolute Gasteiger partial charge is 0.374 e. The molecule has 0 spiro atoms. The summed E-state index contributed by atoms with van der Waals surface area (Å²) in [6.07, 6.45) is 2.16. The molecule has 5 heteroatoms. The molecule has 2 aromatic rings. The van der Waals surface area contributed by atoms with Gasteiger partial charge >= 0.3 is 0 Å². The average molecular weight is 313 g/mol. The fourth-order valence-electron chi connectivity index (χ4n) is 2.14. The second kappa shape index (κ2) is 4.92. The van der Waals surface area contributed by atoms with E-state index in [1.54, 1.807) is 11.3 Å². The normalized spacial score (nSPS) is 21.0. The third-order valence-corrected chi connectivity index (χ3v) is 4.57. The van der Waals surface area contributed by atoms with Gasteiger partial charge in [-0.2, -0.15) is 0 Å². The number of thiophene rings is 1. The monoisotopic (exact) mass is 312 g/mol. The summed E-state index contributed by atoms with van der Waals surface area (Å²) in [4.78, 5) is 6.86. The van der Waals surface area contributed by atoms with Crippen molar-refractivity contribution < 1.29 is 4.74 Å². The molecular formula is C12H13BrN2OS. The summed E-state index contributed by atoms with van der Waals surface area (Å²) in [5.41, 5.74) is 0. The lowest BCUT2D eigenvalue weighted by atomic mass is 10.2. The third kappa shape index (κ3) is 2.19. The van der Waals surface area contributed by atoms with Crippen LogP contribution >= 0.6 is 27.3 Å². The Kier molecular flexibility index (Phi) is 3.31. The molecule has 1 saturated heterocycles. The van der Waals surface area contributed by atoms with Gasteiger partial charge in [0, 0.05) is 34.7 Å². The maximum atomic E-state index is 5.66. The summed E-state index contributed by atoms with van der Waals surface area (Å²) in [6.45, 7) is 2.61. The molecule has 2 aromatic heterocycles. The van der Waals surface area contributed by atoms with E-state index in [1.807, 2.05) is 6.20 Å². The smallest absolute Gasteiger partial charge is 0.137 e. The van der Waals surface area contributed by atoms with Crippen LogP contribution in [0.1, 0.15) is 0 Å². The van der Waals surface area contributed by atoms with Crippen molar-refractivity contribution >= 4 is 43.2 Å². The van der Waals surface area contributed by atoms with Gasteiger partial charge in [-0.05, 0) is 17.5 Å². The third-order valence-electron chi connectivity index (χ3n) is 2.97. The topological polar surface area (TPSA) is 25.4 Å². The summed E-state index contributed by atoms with van der Waals surface area (Å²) < 4.78 is 6.96. The molecule has 0 aromatic carbocycles. The SMILES string of the molecule is BrCC1CN(c2nccc3sccc23)CCO1. The number of nitrogens with zero attached hydrogens (tertiary/aromatic N) is 2. The van der Waals surface area contributed by atoms with E-state index in [0.29, 0.717) is 0 Å². The molecule has 1 fully saturated rings. The average Bonchev–Trinajstić information content (AvgIpc) is 2.87. The van der Waals surface area contributed by atoms with Crippen LogP contribution in [-0.4, -0.2) is 36.1 Å². The molecule has 90 valence electrons. The molecule has 1 atom stereocenters. The summed E-state index contributed by atoms with van der Waals surface area (Å²) in [6, 6.07) is 4.23. The second-order valence-corrected chi connectivity index (χ2v) is 5.66. The van der Waals surface area contributed by atoms with Crippen LogP contribution in [0.3, 0.4) is 0 Å². The van der Waals surface area contributed by atoms with E-state index >= 15 is 0 Å². The number of hydrogen-bond acceptors (Lipinski definition) is 4. The molecule has 1 unspecified atom stereocenters. The van der Waals surface area contributed by atoms with E-state index in [2.05, 4.69) is 43.3 Å². The Labute approximate surface area is 113 Å². The number of alkyl halides is 1. The highest BCUT2D eigenvalue weighted by atomic mass is 79.9. The lowest BCUT2D eigenvalue weighted by molar-refractivity contribution is 0.0569. The number of hydrogen-bond donors (Lipinski definition) is 0. The maximum absolute atomic E-state index is 5.66. The highest BCUT2D eigenvalue weighted by Gasteiger charge is 2.21. The molecule has 1 aliphatic heterocycles. The van der Waals surface area contributed by atoms with Crippen molar-refractivity contribution in [2.45, 2.75) is 6.10 Å². The Morgan fingerprint density at radius 1 is 1.53 bits per heavy atom. The van der Waals surface area contributed by atoms with Crippen LogP contribution in [0.25, 0.3) is 10.1 Å². The lowest BCUT2D eigenvalue weighted by Crippen LogP contribution is -2.43. The Balaban J connectivity index is 1.94. The minimum Gasteiger partial charge on any atom is -0.374 e. The first kappa shape index (κ1) is 11.4.